The van der Waals surface area contributed by atoms with Gasteiger partial charge in [0.15, 0.2) is 0 Å². The highest BCUT2D eigenvalue weighted by Gasteiger charge is 2.12. The van der Waals surface area contributed by atoms with Crippen molar-refractivity contribution in [3.05, 3.63) is 41.9 Å². The molecule has 0 aliphatic rings. The molecule has 0 fully saturated rings. The summed E-state index contributed by atoms with van der Waals surface area (Å²) >= 11 is 0. The zero-order valence-corrected chi connectivity index (χ0v) is 10.9. The van der Waals surface area contributed by atoms with Crippen molar-refractivity contribution in [2.45, 2.75) is 13.0 Å². The number of rotatable bonds is 5. The number of nitrogens with two attached hydrogens (primary N) is 1. The van der Waals surface area contributed by atoms with Crippen LogP contribution in [0.1, 0.15) is 24.2 Å². The third-order valence-electron chi connectivity index (χ3n) is 2.59. The lowest BCUT2D eigenvalue weighted by Gasteiger charge is -2.12. The van der Waals surface area contributed by atoms with Crippen LogP contribution in [0.15, 0.2) is 30.6 Å². The molecule has 6 heteroatoms. The first-order valence-corrected chi connectivity index (χ1v) is 5.95. The van der Waals surface area contributed by atoms with Crippen molar-refractivity contribution in [3.63, 3.8) is 0 Å². The first-order valence-electron chi connectivity index (χ1n) is 5.95. The molecular weight excluding hydrogens is 244 g/mol. The summed E-state index contributed by atoms with van der Waals surface area (Å²) in [5.74, 6) is 1.15. The third-order valence-corrected chi connectivity index (χ3v) is 2.59. The summed E-state index contributed by atoms with van der Waals surface area (Å²) in [7, 11) is 1.54. The van der Waals surface area contributed by atoms with Gasteiger partial charge < -0.3 is 15.2 Å². The molecule has 2 heterocycles. The maximum Gasteiger partial charge on any atom is 0.233 e. The minimum absolute atomic E-state index is 0.397. The minimum atomic E-state index is -0.397. The first-order chi connectivity index (χ1) is 9.24. The number of hydrogen-bond acceptors (Lipinski definition) is 6. The second-order valence-corrected chi connectivity index (χ2v) is 3.87. The Hall–Kier alpha value is -2.21. The zero-order valence-electron chi connectivity index (χ0n) is 10.9. The smallest absolute Gasteiger partial charge is 0.233 e. The standard InChI is InChI=1S/C13H16N4O2/c1-3-19-10-6-9(7-15-8-10)13(14)11-4-5-12(18-2)17-16-11/h4-8,13H,3,14H2,1-2H3. The molecule has 0 bridgehead atoms. The molecule has 2 aromatic heterocycles. The van der Waals surface area contributed by atoms with Crippen LogP contribution < -0.4 is 15.2 Å². The van der Waals surface area contributed by atoms with Crippen LogP contribution in [0.2, 0.25) is 0 Å². The lowest BCUT2D eigenvalue weighted by Crippen LogP contribution is -2.14. The number of nitrogens with zero attached hydrogens (tertiary/aromatic N) is 3. The van der Waals surface area contributed by atoms with Gasteiger partial charge in [-0.2, -0.15) is 0 Å². The van der Waals surface area contributed by atoms with Gasteiger partial charge in [0.2, 0.25) is 5.88 Å². The van der Waals surface area contributed by atoms with Gasteiger partial charge in [-0.15, -0.1) is 10.2 Å². The Morgan fingerprint density at radius 2 is 2.11 bits per heavy atom. The Bertz CT molecular complexity index is 530. The van der Waals surface area contributed by atoms with Crippen molar-refractivity contribution in [2.75, 3.05) is 13.7 Å². The van der Waals surface area contributed by atoms with E-state index in [0.717, 1.165) is 5.56 Å². The van der Waals surface area contributed by atoms with Crippen LogP contribution in [0.4, 0.5) is 0 Å². The first kappa shape index (κ1) is 13.2. The van der Waals surface area contributed by atoms with Crippen LogP contribution in [0, 0.1) is 0 Å². The summed E-state index contributed by atoms with van der Waals surface area (Å²) in [6.07, 6.45) is 3.35. The van der Waals surface area contributed by atoms with Crippen LogP contribution in [0.25, 0.3) is 0 Å². The van der Waals surface area contributed by atoms with Crippen molar-refractivity contribution in [1.82, 2.24) is 15.2 Å². The van der Waals surface area contributed by atoms with Crippen LogP contribution in [-0.2, 0) is 0 Å². The highest BCUT2D eigenvalue weighted by Crippen LogP contribution is 2.21. The normalized spacial score (nSPS) is 11.9. The molecule has 0 saturated heterocycles. The Balaban J connectivity index is 2.22. The molecule has 2 rings (SSSR count). The highest BCUT2D eigenvalue weighted by atomic mass is 16.5. The fourth-order valence-corrected chi connectivity index (χ4v) is 1.63. The summed E-state index contributed by atoms with van der Waals surface area (Å²) < 4.78 is 10.4. The predicted octanol–water partition coefficient (Wildman–Crippen LogP) is 1.33. The quantitative estimate of drug-likeness (QED) is 0.873. The number of hydrogen-bond donors (Lipinski definition) is 1. The van der Waals surface area contributed by atoms with Crippen LogP contribution >= 0.6 is 0 Å². The van der Waals surface area contributed by atoms with Crippen molar-refractivity contribution in [2.24, 2.45) is 5.73 Å². The second kappa shape index (κ2) is 6.10. The largest absolute Gasteiger partial charge is 0.492 e. The zero-order chi connectivity index (χ0) is 13.7. The maximum absolute atomic E-state index is 6.13. The SMILES string of the molecule is CCOc1cncc(C(N)c2ccc(OC)nn2)c1. The van der Waals surface area contributed by atoms with E-state index >= 15 is 0 Å². The van der Waals surface area contributed by atoms with Gasteiger partial charge in [-0.25, -0.2) is 0 Å². The third kappa shape index (κ3) is 3.17. The molecule has 1 unspecified atom stereocenters. The van der Waals surface area contributed by atoms with E-state index in [1.807, 2.05) is 13.0 Å². The van der Waals surface area contributed by atoms with Gasteiger partial charge >= 0.3 is 0 Å². The molecule has 0 spiro atoms. The molecule has 2 N–H and O–H groups in total. The second-order valence-electron chi connectivity index (χ2n) is 3.87. The van der Waals surface area contributed by atoms with E-state index in [4.69, 9.17) is 15.2 Å². The number of ether oxygens (including phenoxy) is 2. The number of pyridine rings is 1. The fraction of sp³-hybridized carbons (Fsp3) is 0.308. The Morgan fingerprint density at radius 1 is 1.26 bits per heavy atom. The van der Waals surface area contributed by atoms with E-state index in [9.17, 15) is 0 Å². The molecule has 2 aromatic rings. The van der Waals surface area contributed by atoms with E-state index in [1.165, 1.54) is 0 Å². The Morgan fingerprint density at radius 3 is 2.74 bits per heavy atom. The predicted molar refractivity (Wildman–Crippen MR) is 70.0 cm³/mol. The molecular formula is C13H16N4O2. The molecule has 0 radical (unpaired) electrons. The van der Waals surface area contributed by atoms with E-state index in [1.54, 1.807) is 31.6 Å². The molecule has 1 atom stereocenters. The minimum Gasteiger partial charge on any atom is -0.492 e. The van der Waals surface area contributed by atoms with Gasteiger partial charge in [0.25, 0.3) is 0 Å². The van der Waals surface area contributed by atoms with Crippen LogP contribution in [0.3, 0.4) is 0 Å². The van der Waals surface area contributed by atoms with E-state index in [-0.39, 0.29) is 0 Å². The molecule has 0 amide bonds. The molecule has 100 valence electrons. The molecule has 0 aliphatic carbocycles. The van der Waals surface area contributed by atoms with Gasteiger partial charge in [0.1, 0.15) is 5.75 Å². The van der Waals surface area contributed by atoms with E-state index < -0.39 is 6.04 Å². The lowest BCUT2D eigenvalue weighted by atomic mass is 10.1. The van der Waals surface area contributed by atoms with Crippen molar-refractivity contribution >= 4 is 0 Å². The summed E-state index contributed by atoms with van der Waals surface area (Å²) in [4.78, 5) is 4.11. The molecule has 6 nitrogen and oxygen atoms in total. The van der Waals surface area contributed by atoms with Gasteiger partial charge in [-0.1, -0.05) is 0 Å². The molecule has 0 saturated carbocycles. The molecule has 19 heavy (non-hydrogen) atoms. The topological polar surface area (TPSA) is 83.2 Å². The average Bonchev–Trinajstić information content (AvgIpc) is 2.47. The maximum atomic E-state index is 6.13. The fourth-order valence-electron chi connectivity index (χ4n) is 1.63. The summed E-state index contributed by atoms with van der Waals surface area (Å²) in [6, 6.07) is 4.96. The monoisotopic (exact) mass is 260 g/mol. The summed E-state index contributed by atoms with van der Waals surface area (Å²) in [5.41, 5.74) is 7.61. The highest BCUT2D eigenvalue weighted by molar-refractivity contribution is 5.31. The van der Waals surface area contributed by atoms with E-state index in [2.05, 4.69) is 15.2 Å². The summed E-state index contributed by atoms with van der Waals surface area (Å²) in [5, 5.41) is 7.93. The van der Waals surface area contributed by atoms with Crippen LogP contribution in [0.5, 0.6) is 11.6 Å². The van der Waals surface area contributed by atoms with Crippen LogP contribution in [-0.4, -0.2) is 28.9 Å². The van der Waals surface area contributed by atoms with Gasteiger partial charge in [0.05, 0.1) is 31.6 Å². The van der Waals surface area contributed by atoms with Gasteiger partial charge in [-0.3, -0.25) is 4.98 Å². The van der Waals surface area contributed by atoms with Crippen molar-refractivity contribution in [3.8, 4) is 11.6 Å². The number of aromatic nitrogens is 3. The Labute approximate surface area is 111 Å². The average molecular weight is 260 g/mol. The number of methoxy groups -OCH3 is 1. The van der Waals surface area contributed by atoms with Gasteiger partial charge in [0, 0.05) is 12.3 Å². The lowest BCUT2D eigenvalue weighted by molar-refractivity contribution is 0.338. The molecule has 0 aromatic carbocycles. The van der Waals surface area contributed by atoms with Crippen molar-refractivity contribution in [1.29, 1.82) is 0 Å². The summed E-state index contributed by atoms with van der Waals surface area (Å²) in [6.45, 7) is 2.50. The molecule has 0 aliphatic heterocycles. The van der Waals surface area contributed by atoms with Gasteiger partial charge in [-0.05, 0) is 24.6 Å². The van der Waals surface area contributed by atoms with E-state index in [0.29, 0.717) is 23.9 Å². The van der Waals surface area contributed by atoms with Crippen molar-refractivity contribution < 1.29 is 9.47 Å². The Kier molecular flexibility index (Phi) is 4.25.